The van der Waals surface area contributed by atoms with E-state index in [0.29, 0.717) is 6.10 Å². The summed E-state index contributed by atoms with van der Waals surface area (Å²) in [7, 11) is 0. The van der Waals surface area contributed by atoms with E-state index in [9.17, 15) is 0 Å². The van der Waals surface area contributed by atoms with Crippen molar-refractivity contribution in [1.29, 1.82) is 0 Å². The smallest absolute Gasteiger partial charge is 0.0674 e. The number of hydrogen-bond donors (Lipinski definition) is 1. The maximum atomic E-state index is 5.70. The number of ether oxygens (including phenoxy) is 1. The van der Waals surface area contributed by atoms with Crippen LogP contribution in [0.1, 0.15) is 35.9 Å². The number of hydrogen-bond acceptors (Lipinski definition) is 4. The van der Waals surface area contributed by atoms with Gasteiger partial charge in [0.2, 0.25) is 0 Å². The molecule has 0 radical (unpaired) electrons. The van der Waals surface area contributed by atoms with Gasteiger partial charge in [-0.3, -0.25) is 4.90 Å². The number of thiophene rings is 1. The van der Waals surface area contributed by atoms with Crippen molar-refractivity contribution in [3.8, 4) is 0 Å². The zero-order valence-corrected chi connectivity index (χ0v) is 12.5. The third-order valence-corrected chi connectivity index (χ3v) is 4.85. The van der Waals surface area contributed by atoms with Crippen LogP contribution in [0.5, 0.6) is 0 Å². The highest BCUT2D eigenvalue weighted by molar-refractivity contribution is 7.11. The van der Waals surface area contributed by atoms with Crippen LogP contribution < -0.4 is 5.32 Å². The summed E-state index contributed by atoms with van der Waals surface area (Å²) in [5, 5.41) is 3.58. The van der Waals surface area contributed by atoms with Crippen LogP contribution in [0.25, 0.3) is 0 Å². The number of nitrogens with one attached hydrogen (secondary N) is 1. The molecule has 0 bridgehead atoms. The summed E-state index contributed by atoms with van der Waals surface area (Å²) in [5.41, 5.74) is 0. The molecule has 1 saturated heterocycles. The summed E-state index contributed by atoms with van der Waals surface area (Å²) < 4.78 is 5.70. The first-order valence-corrected chi connectivity index (χ1v) is 8.26. The Balaban J connectivity index is 1.50. The SMILES string of the molecule is CC1CN(Cc2ccc(CNC3CC3)s2)CCCO1. The molecular weight excluding hydrogens is 256 g/mol. The predicted molar refractivity (Wildman–Crippen MR) is 79.5 cm³/mol. The topological polar surface area (TPSA) is 24.5 Å². The average Bonchev–Trinajstić information content (AvgIpc) is 3.15. The molecule has 1 aliphatic heterocycles. The zero-order valence-electron chi connectivity index (χ0n) is 11.7. The van der Waals surface area contributed by atoms with Gasteiger partial charge in [-0.2, -0.15) is 0 Å². The first-order valence-electron chi connectivity index (χ1n) is 7.44. The summed E-state index contributed by atoms with van der Waals surface area (Å²) in [6.07, 6.45) is 4.26. The highest BCUT2D eigenvalue weighted by Crippen LogP contribution is 2.23. The molecule has 0 aromatic carbocycles. The van der Waals surface area contributed by atoms with E-state index in [-0.39, 0.29) is 0 Å². The third-order valence-electron chi connectivity index (χ3n) is 3.78. The fraction of sp³-hybridized carbons (Fsp3) is 0.733. The van der Waals surface area contributed by atoms with Crippen molar-refractivity contribution in [2.75, 3.05) is 19.7 Å². The van der Waals surface area contributed by atoms with E-state index in [0.717, 1.165) is 45.2 Å². The minimum atomic E-state index is 0.374. The van der Waals surface area contributed by atoms with Crippen LogP contribution in [0, 0.1) is 0 Å². The molecule has 1 aliphatic carbocycles. The highest BCUT2D eigenvalue weighted by Gasteiger charge is 2.20. The molecule has 3 nitrogen and oxygen atoms in total. The summed E-state index contributed by atoms with van der Waals surface area (Å²) in [4.78, 5) is 5.49. The maximum absolute atomic E-state index is 5.70. The molecule has 2 fully saturated rings. The molecule has 0 amide bonds. The van der Waals surface area contributed by atoms with Crippen molar-refractivity contribution in [3.05, 3.63) is 21.9 Å². The maximum Gasteiger partial charge on any atom is 0.0674 e. The number of nitrogens with zero attached hydrogens (tertiary/aromatic N) is 1. The van der Waals surface area contributed by atoms with Gasteiger partial charge >= 0.3 is 0 Å². The molecule has 2 aliphatic rings. The van der Waals surface area contributed by atoms with Crippen LogP contribution in [0.4, 0.5) is 0 Å². The van der Waals surface area contributed by atoms with E-state index in [1.54, 1.807) is 0 Å². The average molecular weight is 280 g/mol. The van der Waals surface area contributed by atoms with Gasteiger partial charge in [0.1, 0.15) is 0 Å². The van der Waals surface area contributed by atoms with Gasteiger partial charge in [-0.15, -0.1) is 11.3 Å². The van der Waals surface area contributed by atoms with Crippen molar-refractivity contribution in [2.24, 2.45) is 0 Å². The Labute approximate surface area is 119 Å². The van der Waals surface area contributed by atoms with Crippen LogP contribution in [-0.2, 0) is 17.8 Å². The molecule has 1 saturated carbocycles. The summed E-state index contributed by atoms with van der Waals surface area (Å²) in [6, 6.07) is 5.38. The molecule has 1 unspecified atom stereocenters. The van der Waals surface area contributed by atoms with Gasteiger partial charge < -0.3 is 10.1 Å². The van der Waals surface area contributed by atoms with Crippen molar-refractivity contribution in [1.82, 2.24) is 10.2 Å². The molecule has 4 heteroatoms. The largest absolute Gasteiger partial charge is 0.377 e. The Morgan fingerprint density at radius 3 is 3.05 bits per heavy atom. The summed E-state index contributed by atoms with van der Waals surface area (Å²) in [6.45, 7) is 7.46. The van der Waals surface area contributed by atoms with Crippen LogP contribution in [-0.4, -0.2) is 36.7 Å². The summed E-state index contributed by atoms with van der Waals surface area (Å²) >= 11 is 1.96. The first-order chi connectivity index (χ1) is 9.29. The summed E-state index contributed by atoms with van der Waals surface area (Å²) in [5.74, 6) is 0. The predicted octanol–water partition coefficient (Wildman–Crippen LogP) is 2.61. The molecule has 3 rings (SSSR count). The molecule has 106 valence electrons. The van der Waals surface area contributed by atoms with Gasteiger partial charge in [0.25, 0.3) is 0 Å². The fourth-order valence-corrected chi connectivity index (χ4v) is 3.59. The minimum absolute atomic E-state index is 0.374. The van der Waals surface area contributed by atoms with E-state index >= 15 is 0 Å². The van der Waals surface area contributed by atoms with Crippen molar-refractivity contribution < 1.29 is 4.74 Å². The molecular formula is C15H24N2OS. The van der Waals surface area contributed by atoms with Gasteiger partial charge in [0.05, 0.1) is 6.10 Å². The minimum Gasteiger partial charge on any atom is -0.377 e. The van der Waals surface area contributed by atoms with E-state index < -0.39 is 0 Å². The lowest BCUT2D eigenvalue weighted by molar-refractivity contribution is 0.0669. The Morgan fingerprint density at radius 2 is 2.21 bits per heavy atom. The second kappa shape index (κ2) is 6.35. The normalized spacial score (nSPS) is 25.4. The Morgan fingerprint density at radius 1 is 1.37 bits per heavy atom. The van der Waals surface area contributed by atoms with Crippen molar-refractivity contribution >= 4 is 11.3 Å². The van der Waals surface area contributed by atoms with Gasteiger partial charge in [0.15, 0.2) is 0 Å². The van der Waals surface area contributed by atoms with Gasteiger partial charge in [-0.05, 0) is 38.3 Å². The van der Waals surface area contributed by atoms with Crippen LogP contribution >= 0.6 is 11.3 Å². The van der Waals surface area contributed by atoms with Crippen LogP contribution in [0.2, 0.25) is 0 Å². The second-order valence-corrected chi connectivity index (χ2v) is 7.05. The monoisotopic (exact) mass is 280 g/mol. The third kappa shape index (κ3) is 4.28. The fourth-order valence-electron chi connectivity index (χ4n) is 2.58. The van der Waals surface area contributed by atoms with Crippen molar-refractivity contribution in [2.45, 2.75) is 51.4 Å². The quantitative estimate of drug-likeness (QED) is 0.897. The second-order valence-electron chi connectivity index (χ2n) is 5.79. The van der Waals surface area contributed by atoms with E-state index in [1.165, 1.54) is 22.6 Å². The molecule has 19 heavy (non-hydrogen) atoms. The highest BCUT2D eigenvalue weighted by atomic mass is 32.1. The lowest BCUT2D eigenvalue weighted by atomic mass is 10.3. The first kappa shape index (κ1) is 13.6. The standard InChI is InChI=1S/C15H24N2OS/c1-12-10-17(7-2-8-18-12)11-15-6-5-14(19-15)9-16-13-3-4-13/h5-6,12-13,16H,2-4,7-11H2,1H3. The molecule has 1 aromatic rings. The zero-order chi connectivity index (χ0) is 13.1. The molecule has 0 spiro atoms. The van der Waals surface area contributed by atoms with Gasteiger partial charge in [0, 0.05) is 48.6 Å². The van der Waals surface area contributed by atoms with E-state index in [4.69, 9.17) is 4.74 Å². The van der Waals surface area contributed by atoms with Gasteiger partial charge in [-0.25, -0.2) is 0 Å². The molecule has 1 atom stereocenters. The van der Waals surface area contributed by atoms with Crippen molar-refractivity contribution in [3.63, 3.8) is 0 Å². The Kier molecular flexibility index (Phi) is 4.53. The van der Waals surface area contributed by atoms with E-state index in [2.05, 4.69) is 29.3 Å². The number of rotatable bonds is 5. The lowest BCUT2D eigenvalue weighted by Gasteiger charge is -2.20. The Bertz CT molecular complexity index is 403. The van der Waals surface area contributed by atoms with Crippen LogP contribution in [0.15, 0.2) is 12.1 Å². The van der Waals surface area contributed by atoms with Gasteiger partial charge in [-0.1, -0.05) is 0 Å². The van der Waals surface area contributed by atoms with Crippen LogP contribution in [0.3, 0.4) is 0 Å². The molecule has 1 aromatic heterocycles. The van der Waals surface area contributed by atoms with E-state index in [1.807, 2.05) is 11.3 Å². The molecule has 1 N–H and O–H groups in total. The molecule has 2 heterocycles. The lowest BCUT2D eigenvalue weighted by Crippen LogP contribution is -2.29. The Hall–Kier alpha value is -0.420.